The van der Waals surface area contributed by atoms with Crippen LogP contribution in [0.1, 0.15) is 31.7 Å². The van der Waals surface area contributed by atoms with Gasteiger partial charge in [0.15, 0.2) is 0 Å². The normalized spacial score (nSPS) is 13.5. The first-order valence-electron chi connectivity index (χ1n) is 8.39. The number of aliphatic hydroxyl groups excluding tert-OH is 1. The number of benzene rings is 1. The number of rotatable bonds is 11. The van der Waals surface area contributed by atoms with Gasteiger partial charge >= 0.3 is 0 Å². The van der Waals surface area contributed by atoms with Gasteiger partial charge in [-0.3, -0.25) is 0 Å². The van der Waals surface area contributed by atoms with Gasteiger partial charge in [-0.1, -0.05) is 36.7 Å². The van der Waals surface area contributed by atoms with Crippen LogP contribution in [-0.4, -0.2) is 56.2 Å². The van der Waals surface area contributed by atoms with E-state index in [1.54, 1.807) is 7.11 Å². The maximum Gasteiger partial charge on any atom is 0.144 e. The van der Waals surface area contributed by atoms with Crippen LogP contribution in [0.25, 0.3) is 6.08 Å². The van der Waals surface area contributed by atoms with Gasteiger partial charge in [0.05, 0.1) is 12.8 Å². The summed E-state index contributed by atoms with van der Waals surface area (Å²) in [6, 6.07) is 7.84. The molecule has 0 heterocycles. The van der Waals surface area contributed by atoms with E-state index in [-0.39, 0.29) is 6.61 Å². The fourth-order valence-corrected chi connectivity index (χ4v) is 2.11. The lowest BCUT2D eigenvalue weighted by molar-refractivity contribution is 0.0268. The van der Waals surface area contributed by atoms with Crippen LogP contribution >= 0.6 is 0 Å². The zero-order valence-corrected chi connectivity index (χ0v) is 15.2. The Bertz CT molecular complexity index is 510. The SMILES string of the molecule is CCCCC(/C=C/c1ccc(OC)cc1)=N\OC[C@H](O)CN(C)C. The maximum atomic E-state index is 9.80. The van der Waals surface area contributed by atoms with Crippen molar-refractivity contribution < 1.29 is 14.7 Å². The number of hydrogen-bond acceptors (Lipinski definition) is 5. The summed E-state index contributed by atoms with van der Waals surface area (Å²) in [4.78, 5) is 7.24. The molecule has 0 aromatic heterocycles. The fraction of sp³-hybridized carbons (Fsp3) is 0.526. The minimum Gasteiger partial charge on any atom is -0.497 e. The van der Waals surface area contributed by atoms with Crippen LogP contribution in [0, 0.1) is 0 Å². The van der Waals surface area contributed by atoms with Crippen molar-refractivity contribution in [3.8, 4) is 5.75 Å². The van der Waals surface area contributed by atoms with Crippen molar-refractivity contribution in [1.82, 2.24) is 4.90 Å². The van der Waals surface area contributed by atoms with Crippen LogP contribution in [0.4, 0.5) is 0 Å². The van der Waals surface area contributed by atoms with Gasteiger partial charge in [-0.2, -0.15) is 0 Å². The Labute approximate surface area is 145 Å². The van der Waals surface area contributed by atoms with Crippen molar-refractivity contribution in [1.29, 1.82) is 0 Å². The molecular formula is C19H30N2O3. The first-order valence-corrected chi connectivity index (χ1v) is 8.39. The van der Waals surface area contributed by atoms with E-state index in [0.717, 1.165) is 36.3 Å². The highest BCUT2D eigenvalue weighted by atomic mass is 16.6. The maximum absolute atomic E-state index is 9.80. The minimum absolute atomic E-state index is 0.199. The Morgan fingerprint density at radius 2 is 2.00 bits per heavy atom. The highest BCUT2D eigenvalue weighted by Gasteiger charge is 2.06. The van der Waals surface area contributed by atoms with Gasteiger partial charge in [0, 0.05) is 6.54 Å². The van der Waals surface area contributed by atoms with Gasteiger partial charge in [-0.15, -0.1) is 0 Å². The van der Waals surface area contributed by atoms with Crippen LogP contribution in [-0.2, 0) is 4.84 Å². The summed E-state index contributed by atoms with van der Waals surface area (Å²) in [5.74, 6) is 0.838. The standard InChI is InChI=1S/C19H30N2O3/c1-5-6-7-17(20-24-15-18(22)14-21(2)3)11-8-16-9-12-19(23-4)13-10-16/h8-13,18,22H,5-7,14-15H2,1-4H3/b11-8+,20-17+/t18-/m1/s1. The Hall–Kier alpha value is -1.85. The fourth-order valence-electron chi connectivity index (χ4n) is 2.11. The number of oxime groups is 1. The summed E-state index contributed by atoms with van der Waals surface area (Å²) in [6.45, 7) is 2.90. The second kappa shape index (κ2) is 11.6. The molecule has 0 saturated heterocycles. The molecule has 0 aliphatic rings. The number of allylic oxidation sites excluding steroid dienone is 1. The average Bonchev–Trinajstić information content (AvgIpc) is 2.56. The van der Waals surface area contributed by atoms with Crippen molar-refractivity contribution in [2.75, 3.05) is 34.4 Å². The average molecular weight is 334 g/mol. The zero-order chi connectivity index (χ0) is 17.8. The summed E-state index contributed by atoms with van der Waals surface area (Å²) < 4.78 is 5.16. The first-order chi connectivity index (χ1) is 11.5. The van der Waals surface area contributed by atoms with E-state index in [9.17, 15) is 5.11 Å². The zero-order valence-electron chi connectivity index (χ0n) is 15.2. The smallest absolute Gasteiger partial charge is 0.144 e. The van der Waals surface area contributed by atoms with Crippen LogP contribution in [0.2, 0.25) is 0 Å². The third-order valence-electron chi connectivity index (χ3n) is 3.40. The molecule has 1 aromatic rings. The lowest BCUT2D eigenvalue weighted by Crippen LogP contribution is -2.29. The molecule has 0 unspecified atom stereocenters. The predicted octanol–water partition coefficient (Wildman–Crippen LogP) is 3.19. The molecule has 5 heteroatoms. The van der Waals surface area contributed by atoms with E-state index in [4.69, 9.17) is 9.57 Å². The Morgan fingerprint density at radius 1 is 1.29 bits per heavy atom. The van der Waals surface area contributed by atoms with Crippen molar-refractivity contribution in [2.45, 2.75) is 32.3 Å². The highest BCUT2D eigenvalue weighted by Crippen LogP contribution is 2.13. The molecule has 5 nitrogen and oxygen atoms in total. The summed E-state index contributed by atoms with van der Waals surface area (Å²) in [5, 5.41) is 14.0. The Balaban J connectivity index is 2.62. The van der Waals surface area contributed by atoms with Gasteiger partial charge in [0.2, 0.25) is 0 Å². The van der Waals surface area contributed by atoms with Gasteiger partial charge in [0.25, 0.3) is 0 Å². The van der Waals surface area contributed by atoms with Crippen molar-refractivity contribution in [2.24, 2.45) is 5.16 Å². The topological polar surface area (TPSA) is 54.3 Å². The predicted molar refractivity (Wildman–Crippen MR) is 99.5 cm³/mol. The molecule has 0 amide bonds. The van der Waals surface area contributed by atoms with Crippen LogP contribution in [0.5, 0.6) is 5.75 Å². The second-order valence-electron chi connectivity index (χ2n) is 6.00. The molecule has 134 valence electrons. The molecule has 1 atom stereocenters. The first kappa shape index (κ1) is 20.2. The van der Waals surface area contributed by atoms with Gasteiger partial charge in [0.1, 0.15) is 18.5 Å². The lowest BCUT2D eigenvalue weighted by Gasteiger charge is -2.14. The van der Waals surface area contributed by atoms with Crippen LogP contribution in [0.15, 0.2) is 35.5 Å². The lowest BCUT2D eigenvalue weighted by atomic mass is 10.1. The summed E-state index contributed by atoms with van der Waals surface area (Å²) >= 11 is 0. The largest absolute Gasteiger partial charge is 0.497 e. The number of methoxy groups -OCH3 is 1. The Morgan fingerprint density at radius 3 is 2.58 bits per heavy atom. The number of hydrogen-bond donors (Lipinski definition) is 1. The Kier molecular flexibility index (Phi) is 9.80. The van der Waals surface area contributed by atoms with E-state index < -0.39 is 6.10 Å². The van der Waals surface area contributed by atoms with Crippen molar-refractivity contribution >= 4 is 11.8 Å². The number of aliphatic hydroxyl groups is 1. The monoisotopic (exact) mass is 334 g/mol. The molecular weight excluding hydrogens is 304 g/mol. The molecule has 24 heavy (non-hydrogen) atoms. The van der Waals surface area contributed by atoms with Gasteiger partial charge in [-0.05, 0) is 50.7 Å². The van der Waals surface area contributed by atoms with E-state index in [1.165, 1.54) is 0 Å². The molecule has 1 N–H and O–H groups in total. The molecule has 1 aromatic carbocycles. The number of likely N-dealkylation sites (N-methyl/N-ethyl adjacent to an activating group) is 1. The van der Waals surface area contributed by atoms with Gasteiger partial charge in [-0.25, -0.2) is 0 Å². The third kappa shape index (κ3) is 8.70. The molecule has 0 aliphatic heterocycles. The van der Waals surface area contributed by atoms with E-state index >= 15 is 0 Å². The summed E-state index contributed by atoms with van der Waals surface area (Å²) in [6.07, 6.45) is 6.44. The molecule has 0 aliphatic carbocycles. The van der Waals surface area contributed by atoms with Gasteiger partial charge < -0.3 is 19.6 Å². The highest BCUT2D eigenvalue weighted by molar-refractivity contribution is 5.97. The number of nitrogens with zero attached hydrogens (tertiary/aromatic N) is 2. The van der Waals surface area contributed by atoms with E-state index in [2.05, 4.69) is 12.1 Å². The number of ether oxygens (including phenoxy) is 1. The minimum atomic E-state index is -0.540. The summed E-state index contributed by atoms with van der Waals surface area (Å²) in [5.41, 5.74) is 1.96. The third-order valence-corrected chi connectivity index (χ3v) is 3.40. The van der Waals surface area contributed by atoms with Crippen LogP contribution in [0.3, 0.4) is 0 Å². The van der Waals surface area contributed by atoms with E-state index in [0.29, 0.717) is 6.54 Å². The van der Waals surface area contributed by atoms with Crippen molar-refractivity contribution in [3.63, 3.8) is 0 Å². The van der Waals surface area contributed by atoms with Crippen molar-refractivity contribution in [3.05, 3.63) is 35.9 Å². The summed E-state index contributed by atoms with van der Waals surface area (Å²) in [7, 11) is 5.48. The molecule has 0 fully saturated rings. The molecule has 0 bridgehead atoms. The molecule has 0 spiro atoms. The molecule has 0 radical (unpaired) electrons. The molecule has 1 rings (SSSR count). The van der Waals surface area contributed by atoms with Crippen LogP contribution < -0.4 is 4.74 Å². The molecule has 0 saturated carbocycles. The van der Waals surface area contributed by atoms with E-state index in [1.807, 2.05) is 55.4 Å². The quantitative estimate of drug-likeness (QED) is 0.499. The second-order valence-corrected chi connectivity index (χ2v) is 6.00. The number of unbranched alkanes of at least 4 members (excludes halogenated alkanes) is 1.